The molecule has 1 aliphatic rings. The molecule has 120 valence electrons. The van der Waals surface area contributed by atoms with E-state index in [-0.39, 0.29) is 43.5 Å². The molecule has 0 aromatic rings. The van der Waals surface area contributed by atoms with Gasteiger partial charge in [0, 0.05) is 32.5 Å². The standard InChI is InChI=1S/C13H19F3N2O3/c1-9(19)2-3-11(20)17-8-10-4-6-18(7-5-10)12(21)13(14,15)16/h10H,2-8H2,1H3,(H,17,20). The molecule has 0 saturated carbocycles. The van der Waals surface area contributed by atoms with Crippen molar-refractivity contribution < 1.29 is 27.6 Å². The summed E-state index contributed by atoms with van der Waals surface area (Å²) in [6.07, 6.45) is -3.66. The molecular formula is C13H19F3N2O3. The van der Waals surface area contributed by atoms with E-state index >= 15 is 0 Å². The van der Waals surface area contributed by atoms with Crippen molar-refractivity contribution in [3.8, 4) is 0 Å². The molecule has 5 nitrogen and oxygen atoms in total. The number of Topliss-reactive ketones (excluding diaryl/α,β-unsaturated/α-hetero) is 1. The molecule has 0 aromatic heterocycles. The van der Waals surface area contributed by atoms with Gasteiger partial charge in [0.05, 0.1) is 0 Å². The van der Waals surface area contributed by atoms with Gasteiger partial charge in [0.25, 0.3) is 0 Å². The molecule has 0 unspecified atom stereocenters. The fraction of sp³-hybridized carbons (Fsp3) is 0.769. The number of likely N-dealkylation sites (tertiary alicyclic amines) is 1. The fourth-order valence-corrected chi connectivity index (χ4v) is 2.16. The molecule has 0 spiro atoms. The first kappa shape index (κ1) is 17.5. The summed E-state index contributed by atoms with van der Waals surface area (Å²) in [4.78, 5) is 34.0. The van der Waals surface area contributed by atoms with Crippen LogP contribution in [0.5, 0.6) is 0 Å². The van der Waals surface area contributed by atoms with E-state index < -0.39 is 12.1 Å². The van der Waals surface area contributed by atoms with Gasteiger partial charge in [0.15, 0.2) is 0 Å². The zero-order valence-electron chi connectivity index (χ0n) is 11.8. The highest BCUT2D eigenvalue weighted by Gasteiger charge is 2.43. The van der Waals surface area contributed by atoms with Crippen LogP contribution < -0.4 is 5.32 Å². The van der Waals surface area contributed by atoms with E-state index in [1.807, 2.05) is 0 Å². The molecule has 0 aromatic carbocycles. The lowest BCUT2D eigenvalue weighted by Gasteiger charge is -2.32. The number of halogens is 3. The van der Waals surface area contributed by atoms with Crippen LogP contribution in [0.3, 0.4) is 0 Å². The van der Waals surface area contributed by atoms with Crippen LogP contribution in [0.1, 0.15) is 32.6 Å². The quantitative estimate of drug-likeness (QED) is 0.832. The molecule has 1 rings (SSSR count). The Bertz CT molecular complexity index is 402. The van der Waals surface area contributed by atoms with Gasteiger partial charge in [-0.15, -0.1) is 0 Å². The van der Waals surface area contributed by atoms with Crippen molar-refractivity contribution in [1.29, 1.82) is 0 Å². The molecule has 0 aliphatic carbocycles. The van der Waals surface area contributed by atoms with Crippen molar-refractivity contribution in [2.75, 3.05) is 19.6 Å². The highest BCUT2D eigenvalue weighted by atomic mass is 19.4. The van der Waals surface area contributed by atoms with E-state index in [4.69, 9.17) is 0 Å². The third kappa shape index (κ3) is 6.14. The van der Waals surface area contributed by atoms with E-state index in [1.54, 1.807) is 0 Å². The number of carbonyl (C=O) groups excluding carboxylic acids is 3. The van der Waals surface area contributed by atoms with Crippen molar-refractivity contribution >= 4 is 17.6 Å². The predicted octanol–water partition coefficient (Wildman–Crippen LogP) is 1.27. The molecule has 0 radical (unpaired) electrons. The summed E-state index contributed by atoms with van der Waals surface area (Å²) in [6.45, 7) is 1.87. The number of nitrogens with zero attached hydrogens (tertiary/aromatic N) is 1. The van der Waals surface area contributed by atoms with Crippen molar-refractivity contribution in [1.82, 2.24) is 10.2 Å². The summed E-state index contributed by atoms with van der Waals surface area (Å²) >= 11 is 0. The molecule has 1 N–H and O–H groups in total. The Morgan fingerprint density at radius 1 is 1.14 bits per heavy atom. The highest BCUT2D eigenvalue weighted by molar-refractivity contribution is 5.83. The van der Waals surface area contributed by atoms with Crippen molar-refractivity contribution in [3.63, 3.8) is 0 Å². The number of rotatable bonds is 5. The minimum atomic E-state index is -4.83. The summed E-state index contributed by atoms with van der Waals surface area (Å²) in [7, 11) is 0. The molecule has 0 bridgehead atoms. The number of hydrogen-bond acceptors (Lipinski definition) is 3. The number of hydrogen-bond donors (Lipinski definition) is 1. The minimum absolute atomic E-state index is 0.0479. The average Bonchev–Trinajstić information content (AvgIpc) is 2.41. The van der Waals surface area contributed by atoms with E-state index in [9.17, 15) is 27.6 Å². The van der Waals surface area contributed by atoms with Gasteiger partial charge in [-0.3, -0.25) is 9.59 Å². The number of amides is 2. The lowest BCUT2D eigenvalue weighted by molar-refractivity contribution is -0.186. The molecule has 2 amide bonds. The zero-order chi connectivity index (χ0) is 16.0. The second-order valence-corrected chi connectivity index (χ2v) is 5.24. The van der Waals surface area contributed by atoms with Crippen LogP contribution in [0, 0.1) is 5.92 Å². The van der Waals surface area contributed by atoms with Crippen LogP contribution in [-0.2, 0) is 14.4 Å². The summed E-state index contributed by atoms with van der Waals surface area (Å²) in [5.74, 6) is -2.04. The Balaban J connectivity index is 2.26. The first-order chi connectivity index (χ1) is 9.70. The summed E-state index contributed by atoms with van der Waals surface area (Å²) < 4.78 is 36.8. The normalized spacial score (nSPS) is 16.7. The lowest BCUT2D eigenvalue weighted by Crippen LogP contribution is -2.46. The van der Waals surface area contributed by atoms with Gasteiger partial charge < -0.3 is 15.0 Å². The summed E-state index contributed by atoms with van der Waals surface area (Å²) in [5, 5.41) is 2.67. The zero-order valence-corrected chi connectivity index (χ0v) is 11.8. The monoisotopic (exact) mass is 308 g/mol. The van der Waals surface area contributed by atoms with Gasteiger partial charge in [0.2, 0.25) is 5.91 Å². The van der Waals surface area contributed by atoms with Crippen molar-refractivity contribution in [3.05, 3.63) is 0 Å². The largest absolute Gasteiger partial charge is 0.471 e. The van der Waals surface area contributed by atoms with E-state index in [2.05, 4.69) is 5.32 Å². The molecule has 8 heteroatoms. The maximum absolute atomic E-state index is 12.3. The Morgan fingerprint density at radius 3 is 2.19 bits per heavy atom. The van der Waals surface area contributed by atoms with Gasteiger partial charge in [-0.25, -0.2) is 0 Å². The predicted molar refractivity (Wildman–Crippen MR) is 68.3 cm³/mol. The van der Waals surface area contributed by atoms with Crippen LogP contribution in [0.4, 0.5) is 13.2 Å². The molecular weight excluding hydrogens is 289 g/mol. The number of nitrogens with one attached hydrogen (secondary N) is 1. The molecule has 1 heterocycles. The molecule has 21 heavy (non-hydrogen) atoms. The maximum atomic E-state index is 12.3. The summed E-state index contributed by atoms with van der Waals surface area (Å²) in [5.41, 5.74) is 0. The van der Waals surface area contributed by atoms with Crippen molar-refractivity contribution in [2.45, 2.75) is 38.8 Å². The third-order valence-corrected chi connectivity index (χ3v) is 3.44. The molecule has 1 saturated heterocycles. The van der Waals surface area contributed by atoms with E-state index in [1.165, 1.54) is 6.92 Å². The lowest BCUT2D eigenvalue weighted by atomic mass is 9.96. The van der Waals surface area contributed by atoms with Crippen LogP contribution in [0.25, 0.3) is 0 Å². The first-order valence-corrected chi connectivity index (χ1v) is 6.82. The highest BCUT2D eigenvalue weighted by Crippen LogP contribution is 2.23. The SMILES string of the molecule is CC(=O)CCC(=O)NCC1CCN(C(=O)C(F)(F)F)CC1. The minimum Gasteiger partial charge on any atom is -0.356 e. The Labute approximate surface area is 120 Å². The van der Waals surface area contributed by atoms with Crippen molar-refractivity contribution in [2.24, 2.45) is 5.92 Å². The van der Waals surface area contributed by atoms with Gasteiger partial charge >= 0.3 is 12.1 Å². The summed E-state index contributed by atoms with van der Waals surface area (Å²) in [6, 6.07) is 0. The number of ketones is 1. The third-order valence-electron chi connectivity index (χ3n) is 3.44. The van der Waals surface area contributed by atoms with Gasteiger partial charge in [-0.05, 0) is 25.7 Å². The number of alkyl halides is 3. The van der Waals surface area contributed by atoms with Gasteiger partial charge in [0.1, 0.15) is 5.78 Å². The van der Waals surface area contributed by atoms with Crippen LogP contribution in [-0.4, -0.2) is 48.3 Å². The van der Waals surface area contributed by atoms with Crippen LogP contribution in [0.15, 0.2) is 0 Å². The maximum Gasteiger partial charge on any atom is 0.471 e. The first-order valence-electron chi connectivity index (χ1n) is 6.82. The second-order valence-electron chi connectivity index (χ2n) is 5.24. The van der Waals surface area contributed by atoms with Crippen LogP contribution in [0.2, 0.25) is 0 Å². The molecule has 0 atom stereocenters. The smallest absolute Gasteiger partial charge is 0.356 e. The Hall–Kier alpha value is -1.60. The topological polar surface area (TPSA) is 66.5 Å². The Morgan fingerprint density at radius 2 is 1.71 bits per heavy atom. The number of carbonyl (C=O) groups is 3. The molecule has 1 fully saturated rings. The van der Waals surface area contributed by atoms with E-state index in [0.29, 0.717) is 19.4 Å². The fourth-order valence-electron chi connectivity index (χ4n) is 2.16. The number of piperidine rings is 1. The Kier molecular flexibility index (Phi) is 6.17. The average molecular weight is 308 g/mol. The molecule has 1 aliphatic heterocycles. The van der Waals surface area contributed by atoms with Gasteiger partial charge in [-0.1, -0.05) is 0 Å². The van der Waals surface area contributed by atoms with Crippen LogP contribution >= 0.6 is 0 Å². The second kappa shape index (κ2) is 7.42. The van der Waals surface area contributed by atoms with E-state index in [0.717, 1.165) is 4.90 Å². The van der Waals surface area contributed by atoms with Gasteiger partial charge in [-0.2, -0.15) is 13.2 Å².